The lowest BCUT2D eigenvalue weighted by Crippen LogP contribution is -2.22. The second-order valence-corrected chi connectivity index (χ2v) is 13.3. The molecule has 0 radical (unpaired) electrons. The van der Waals surface area contributed by atoms with Gasteiger partial charge in [0.15, 0.2) is 11.0 Å². The molecule has 0 fully saturated rings. The monoisotopic (exact) mass is 615 g/mol. The summed E-state index contributed by atoms with van der Waals surface area (Å²) in [6.45, 7) is 3.67. The zero-order valence-corrected chi connectivity index (χ0v) is 25.7. The molecule has 41 heavy (non-hydrogen) atoms. The van der Waals surface area contributed by atoms with E-state index in [1.165, 1.54) is 44.7 Å². The van der Waals surface area contributed by atoms with Gasteiger partial charge in [0.1, 0.15) is 10.8 Å². The first-order valence-electron chi connectivity index (χ1n) is 12.2. The van der Waals surface area contributed by atoms with Crippen molar-refractivity contribution in [3.8, 4) is 22.8 Å². The summed E-state index contributed by atoms with van der Waals surface area (Å²) in [5.41, 5.74) is 2.27. The molecule has 11 nitrogen and oxygen atoms in total. The van der Waals surface area contributed by atoms with E-state index in [2.05, 4.69) is 15.5 Å². The number of methoxy groups -OCH3 is 2. The van der Waals surface area contributed by atoms with Crippen LogP contribution < -0.4 is 10.1 Å². The number of carbonyl (C=O) groups is 2. The number of benzene rings is 2. The lowest BCUT2D eigenvalue weighted by Gasteiger charge is -2.14. The Bertz CT molecular complexity index is 1710. The minimum Gasteiger partial charge on any atom is -0.497 e. The maximum Gasteiger partial charge on any atom is 0.341 e. The van der Waals surface area contributed by atoms with Crippen molar-refractivity contribution in [1.82, 2.24) is 19.1 Å². The van der Waals surface area contributed by atoms with Gasteiger partial charge in [0.2, 0.25) is 15.9 Å². The van der Waals surface area contributed by atoms with Crippen molar-refractivity contribution in [1.29, 1.82) is 0 Å². The van der Waals surface area contributed by atoms with E-state index in [1.54, 1.807) is 42.9 Å². The molecule has 14 heteroatoms. The predicted molar refractivity (Wildman–Crippen MR) is 159 cm³/mol. The highest BCUT2D eigenvalue weighted by atomic mass is 32.2. The zero-order chi connectivity index (χ0) is 29.9. The molecule has 0 aliphatic carbocycles. The topological polar surface area (TPSA) is 133 Å². The fraction of sp³-hybridized carbons (Fsp3) is 0.259. The van der Waals surface area contributed by atoms with Gasteiger partial charge in [0.25, 0.3) is 0 Å². The van der Waals surface area contributed by atoms with E-state index in [4.69, 9.17) is 9.47 Å². The van der Waals surface area contributed by atoms with E-state index in [-0.39, 0.29) is 16.6 Å². The molecule has 0 saturated carbocycles. The van der Waals surface area contributed by atoms with Crippen molar-refractivity contribution >= 4 is 50.0 Å². The first kappa shape index (κ1) is 30.2. The second-order valence-electron chi connectivity index (χ2n) is 8.97. The molecule has 0 spiro atoms. The van der Waals surface area contributed by atoms with Crippen molar-refractivity contribution in [3.63, 3.8) is 0 Å². The van der Waals surface area contributed by atoms with Crippen molar-refractivity contribution in [3.05, 3.63) is 64.5 Å². The molecule has 216 valence electrons. The third-order valence-corrected chi connectivity index (χ3v) is 10.0. The lowest BCUT2D eigenvalue weighted by molar-refractivity contribution is -0.113. The van der Waals surface area contributed by atoms with Crippen LogP contribution in [0.5, 0.6) is 5.75 Å². The van der Waals surface area contributed by atoms with Gasteiger partial charge in [-0.1, -0.05) is 30.0 Å². The third kappa shape index (κ3) is 6.30. The molecular weight excluding hydrogens is 587 g/mol. The van der Waals surface area contributed by atoms with Crippen LogP contribution in [-0.2, 0) is 19.6 Å². The van der Waals surface area contributed by atoms with Crippen LogP contribution in [0.1, 0.15) is 20.8 Å². The average molecular weight is 616 g/mol. The summed E-state index contributed by atoms with van der Waals surface area (Å²) < 4.78 is 38.7. The number of aryl methyl sites for hydroxylation is 1. The summed E-state index contributed by atoms with van der Waals surface area (Å²) in [6, 6.07) is 13.7. The Morgan fingerprint density at radius 3 is 2.49 bits per heavy atom. The number of esters is 1. The summed E-state index contributed by atoms with van der Waals surface area (Å²) in [7, 11) is 2.09. The van der Waals surface area contributed by atoms with Crippen molar-refractivity contribution in [2.24, 2.45) is 0 Å². The number of amides is 1. The fourth-order valence-corrected chi connectivity index (χ4v) is 6.66. The SMILES string of the molecule is COC(=O)c1c(NC(=O)CSc2nnc(-c3cccc(S(=O)(=O)N(C)C)c3)n2-c2cccc(OC)c2)sc(C)c1C. The van der Waals surface area contributed by atoms with Gasteiger partial charge < -0.3 is 14.8 Å². The van der Waals surface area contributed by atoms with Gasteiger partial charge in [-0.05, 0) is 43.7 Å². The summed E-state index contributed by atoms with van der Waals surface area (Å²) in [6.07, 6.45) is 0. The van der Waals surface area contributed by atoms with Gasteiger partial charge in [-0.2, -0.15) is 0 Å². The predicted octanol–water partition coefficient (Wildman–Crippen LogP) is 4.39. The van der Waals surface area contributed by atoms with E-state index in [0.29, 0.717) is 38.5 Å². The van der Waals surface area contributed by atoms with Gasteiger partial charge in [-0.3, -0.25) is 9.36 Å². The Labute approximate surface area is 246 Å². The van der Waals surface area contributed by atoms with Gasteiger partial charge in [-0.25, -0.2) is 17.5 Å². The van der Waals surface area contributed by atoms with E-state index in [1.807, 2.05) is 19.1 Å². The van der Waals surface area contributed by atoms with Gasteiger partial charge >= 0.3 is 5.97 Å². The van der Waals surface area contributed by atoms with E-state index in [9.17, 15) is 18.0 Å². The molecule has 2 aromatic carbocycles. The first-order valence-corrected chi connectivity index (χ1v) is 15.5. The highest BCUT2D eigenvalue weighted by molar-refractivity contribution is 7.99. The van der Waals surface area contributed by atoms with Crippen LogP contribution in [0.15, 0.2) is 58.6 Å². The van der Waals surface area contributed by atoms with Crippen molar-refractivity contribution in [2.45, 2.75) is 23.9 Å². The molecule has 4 rings (SSSR count). The Morgan fingerprint density at radius 1 is 1.07 bits per heavy atom. The lowest BCUT2D eigenvalue weighted by atomic mass is 10.1. The number of hydrogen-bond donors (Lipinski definition) is 1. The summed E-state index contributed by atoms with van der Waals surface area (Å²) in [5.74, 6) is 0.0826. The largest absolute Gasteiger partial charge is 0.497 e. The van der Waals surface area contributed by atoms with Crippen LogP contribution in [0.2, 0.25) is 0 Å². The van der Waals surface area contributed by atoms with Crippen LogP contribution >= 0.6 is 23.1 Å². The highest BCUT2D eigenvalue weighted by Gasteiger charge is 2.24. The molecule has 0 aliphatic heterocycles. The Balaban J connectivity index is 1.69. The second kappa shape index (κ2) is 12.4. The minimum atomic E-state index is -3.69. The van der Waals surface area contributed by atoms with E-state index >= 15 is 0 Å². The number of aromatic nitrogens is 3. The molecule has 2 aromatic heterocycles. The summed E-state index contributed by atoms with van der Waals surface area (Å²) >= 11 is 2.45. The quantitative estimate of drug-likeness (QED) is 0.204. The normalized spacial score (nSPS) is 11.5. The number of carbonyl (C=O) groups excluding carboxylic acids is 2. The van der Waals surface area contributed by atoms with Gasteiger partial charge in [-0.15, -0.1) is 21.5 Å². The molecular formula is C27H29N5O6S3. The molecule has 1 N–H and O–H groups in total. The van der Waals surface area contributed by atoms with Crippen LogP contribution in [0, 0.1) is 13.8 Å². The van der Waals surface area contributed by atoms with Crippen molar-refractivity contribution < 1.29 is 27.5 Å². The average Bonchev–Trinajstić information content (AvgIpc) is 3.51. The van der Waals surface area contributed by atoms with Crippen LogP contribution in [0.3, 0.4) is 0 Å². The molecule has 0 bridgehead atoms. The third-order valence-electron chi connectivity index (χ3n) is 6.18. The molecule has 1 amide bonds. The van der Waals surface area contributed by atoms with Gasteiger partial charge in [0.05, 0.1) is 36.1 Å². The number of rotatable bonds is 10. The number of nitrogens with zero attached hydrogens (tertiary/aromatic N) is 4. The number of sulfonamides is 1. The Hall–Kier alpha value is -3.72. The number of thioether (sulfide) groups is 1. The minimum absolute atomic E-state index is 0.0340. The maximum atomic E-state index is 13.0. The smallest absolute Gasteiger partial charge is 0.341 e. The molecule has 0 atom stereocenters. The number of hydrogen-bond acceptors (Lipinski definition) is 10. The van der Waals surface area contributed by atoms with E-state index < -0.39 is 16.0 Å². The fourth-order valence-electron chi connectivity index (χ4n) is 3.89. The molecule has 0 saturated heterocycles. The summed E-state index contributed by atoms with van der Waals surface area (Å²) in [4.78, 5) is 26.3. The number of nitrogens with one attached hydrogen (secondary N) is 1. The number of thiophene rings is 1. The van der Waals surface area contributed by atoms with Crippen molar-refractivity contribution in [2.75, 3.05) is 39.4 Å². The van der Waals surface area contributed by atoms with Crippen LogP contribution in [0.4, 0.5) is 5.00 Å². The molecule has 0 aliphatic rings. The van der Waals surface area contributed by atoms with Crippen LogP contribution in [0.25, 0.3) is 17.1 Å². The standard InChI is InChI=1S/C27H29N5O6S3/c1-16-17(2)40-25(23(16)26(34)38-6)28-22(33)15-39-27-30-29-24(32(27)19-10-8-11-20(14-19)37-5)18-9-7-12-21(13-18)41(35,36)31(3)4/h7-14H,15H2,1-6H3,(H,28,33). The highest BCUT2D eigenvalue weighted by Crippen LogP contribution is 2.34. The van der Waals surface area contributed by atoms with Gasteiger partial charge in [0, 0.05) is 30.6 Å². The number of ether oxygens (including phenoxy) is 2. The summed E-state index contributed by atoms with van der Waals surface area (Å²) in [5, 5.41) is 12.3. The molecule has 2 heterocycles. The van der Waals surface area contributed by atoms with Crippen LogP contribution in [-0.4, -0.2) is 73.4 Å². The van der Waals surface area contributed by atoms with E-state index in [0.717, 1.165) is 26.5 Å². The molecule has 0 unspecified atom stereocenters. The molecule has 4 aromatic rings. The Morgan fingerprint density at radius 2 is 1.80 bits per heavy atom. The Kier molecular flexibility index (Phi) is 9.17. The first-order chi connectivity index (χ1) is 19.5. The zero-order valence-electron chi connectivity index (χ0n) is 23.3. The number of anilines is 1. The maximum absolute atomic E-state index is 13.0.